The van der Waals surface area contributed by atoms with Gasteiger partial charge in [-0.25, -0.2) is 13.6 Å². The number of amides is 1. The Labute approximate surface area is 160 Å². The first-order chi connectivity index (χ1) is 12.7. The largest absolute Gasteiger partial charge is 0.453 e. The molecule has 0 aliphatic heterocycles. The molecule has 0 fully saturated rings. The zero-order valence-corrected chi connectivity index (χ0v) is 16.0. The highest BCUT2D eigenvalue weighted by atomic mass is 32.2. The van der Waals surface area contributed by atoms with Crippen molar-refractivity contribution in [2.24, 2.45) is 5.14 Å². The van der Waals surface area contributed by atoms with Crippen LogP contribution in [0.1, 0.15) is 29.4 Å². The molecule has 0 bridgehead atoms. The Bertz CT molecular complexity index is 921. The normalized spacial score (nSPS) is 12.2. The number of hydrogen-bond acceptors (Lipinski definition) is 7. The van der Waals surface area contributed by atoms with Gasteiger partial charge in [-0.1, -0.05) is 6.07 Å². The highest BCUT2D eigenvalue weighted by Gasteiger charge is 2.19. The second-order valence-electron chi connectivity index (χ2n) is 5.59. The van der Waals surface area contributed by atoms with Gasteiger partial charge in [-0.05, 0) is 42.6 Å². The molecule has 2 aromatic rings. The van der Waals surface area contributed by atoms with Gasteiger partial charge in [0.1, 0.15) is 0 Å². The van der Waals surface area contributed by atoms with Crippen molar-refractivity contribution in [2.45, 2.75) is 30.8 Å². The molecule has 1 atom stereocenters. The summed E-state index contributed by atoms with van der Waals surface area (Å²) in [6.07, 6.45) is -1.20. The molecule has 0 radical (unpaired) electrons. The second kappa shape index (κ2) is 8.89. The number of rotatable bonds is 8. The lowest BCUT2D eigenvalue weighted by molar-refractivity contribution is -0.153. The molecule has 8 nitrogen and oxygen atoms in total. The van der Waals surface area contributed by atoms with Crippen molar-refractivity contribution >= 4 is 44.7 Å². The molecule has 0 aliphatic rings. The van der Waals surface area contributed by atoms with Gasteiger partial charge in [0.15, 0.2) is 11.9 Å². The molecule has 0 saturated carbocycles. The summed E-state index contributed by atoms with van der Waals surface area (Å²) >= 11 is 1.29. The number of thiophene rings is 1. The molecule has 0 unspecified atom stereocenters. The van der Waals surface area contributed by atoms with Crippen molar-refractivity contribution in [1.82, 2.24) is 0 Å². The maximum atomic E-state index is 12.1. The topological polar surface area (TPSA) is 133 Å². The summed E-state index contributed by atoms with van der Waals surface area (Å²) in [6, 6.07) is 8.65. The number of Topliss-reactive ketones (excluding diaryl/α,β-unsaturated/α-hetero) is 1. The van der Waals surface area contributed by atoms with E-state index in [0.29, 0.717) is 10.6 Å². The van der Waals surface area contributed by atoms with Gasteiger partial charge < -0.3 is 10.1 Å². The number of ketones is 1. The van der Waals surface area contributed by atoms with Crippen molar-refractivity contribution in [3.63, 3.8) is 0 Å². The highest BCUT2D eigenvalue weighted by molar-refractivity contribution is 7.89. The maximum Gasteiger partial charge on any atom is 0.307 e. The molecule has 0 spiro atoms. The number of nitrogens with two attached hydrogens (primary N) is 1. The van der Waals surface area contributed by atoms with Crippen LogP contribution < -0.4 is 10.5 Å². The van der Waals surface area contributed by atoms with Crippen LogP contribution in [0.2, 0.25) is 0 Å². The first-order valence-electron chi connectivity index (χ1n) is 7.87. The summed E-state index contributed by atoms with van der Waals surface area (Å²) in [6.45, 7) is 1.40. The van der Waals surface area contributed by atoms with E-state index >= 15 is 0 Å². The average molecular weight is 410 g/mol. The number of primary sulfonamides is 1. The predicted molar refractivity (Wildman–Crippen MR) is 99.9 cm³/mol. The van der Waals surface area contributed by atoms with E-state index in [9.17, 15) is 22.8 Å². The van der Waals surface area contributed by atoms with Gasteiger partial charge in [0.25, 0.3) is 5.91 Å². The number of benzene rings is 1. The lowest BCUT2D eigenvalue weighted by Gasteiger charge is -2.13. The number of hydrogen-bond donors (Lipinski definition) is 2. The molecule has 1 aromatic heterocycles. The predicted octanol–water partition coefficient (Wildman–Crippen LogP) is 1.93. The molecular formula is C17H18N2O6S2. The Hall–Kier alpha value is -2.56. The summed E-state index contributed by atoms with van der Waals surface area (Å²) in [5, 5.41) is 9.26. The number of carbonyl (C=O) groups is 3. The van der Waals surface area contributed by atoms with Crippen molar-refractivity contribution in [1.29, 1.82) is 0 Å². The van der Waals surface area contributed by atoms with Gasteiger partial charge in [-0.15, -0.1) is 11.3 Å². The molecular weight excluding hydrogens is 392 g/mol. The number of ether oxygens (including phenoxy) is 1. The molecule has 1 amide bonds. The fourth-order valence-corrected chi connectivity index (χ4v) is 3.27. The maximum absolute atomic E-state index is 12.1. The first-order valence-corrected chi connectivity index (χ1v) is 10.3. The number of sulfonamides is 1. The fraction of sp³-hybridized carbons (Fsp3) is 0.235. The molecule has 1 heterocycles. The van der Waals surface area contributed by atoms with Crippen LogP contribution in [0.4, 0.5) is 5.69 Å². The van der Waals surface area contributed by atoms with Crippen LogP contribution in [0.15, 0.2) is 46.7 Å². The molecule has 3 N–H and O–H groups in total. The quantitative estimate of drug-likeness (QED) is 0.505. The van der Waals surface area contributed by atoms with Crippen molar-refractivity contribution in [3.05, 3.63) is 46.7 Å². The molecule has 0 aliphatic carbocycles. The van der Waals surface area contributed by atoms with Gasteiger partial charge in [0.2, 0.25) is 10.0 Å². The van der Waals surface area contributed by atoms with Crippen LogP contribution in [0, 0.1) is 0 Å². The number of nitrogens with one attached hydrogen (secondary N) is 1. The Morgan fingerprint density at radius 3 is 2.37 bits per heavy atom. The molecule has 0 saturated heterocycles. The number of esters is 1. The summed E-state index contributed by atoms with van der Waals surface area (Å²) in [5.41, 5.74) is 0.322. The lowest BCUT2D eigenvalue weighted by atomic mass is 10.2. The van der Waals surface area contributed by atoms with Crippen LogP contribution in [-0.4, -0.2) is 32.2 Å². The Morgan fingerprint density at radius 1 is 1.15 bits per heavy atom. The standard InChI is InChI=1S/C17H18N2O6S2/c1-11(25-16(21)9-8-14(20)15-3-2-10-26-15)17(22)19-12-4-6-13(7-5-12)27(18,23)24/h2-7,10-11H,8-9H2,1H3,(H,19,22)(H2,18,23,24)/t11-/m1/s1. The average Bonchev–Trinajstić information content (AvgIpc) is 3.14. The van der Waals surface area contributed by atoms with Crippen LogP contribution in [-0.2, 0) is 24.3 Å². The van der Waals surface area contributed by atoms with E-state index < -0.39 is 28.0 Å². The van der Waals surface area contributed by atoms with Crippen molar-refractivity contribution < 1.29 is 27.5 Å². The molecule has 27 heavy (non-hydrogen) atoms. The van der Waals surface area contributed by atoms with E-state index in [1.54, 1.807) is 17.5 Å². The Morgan fingerprint density at radius 2 is 1.81 bits per heavy atom. The van der Waals surface area contributed by atoms with Gasteiger partial charge in [-0.3, -0.25) is 14.4 Å². The third-order valence-electron chi connectivity index (χ3n) is 3.48. The summed E-state index contributed by atoms with van der Waals surface area (Å²) in [7, 11) is -3.82. The minimum atomic E-state index is -3.82. The van der Waals surface area contributed by atoms with E-state index in [4.69, 9.17) is 9.88 Å². The highest BCUT2D eigenvalue weighted by Crippen LogP contribution is 2.14. The number of anilines is 1. The molecule has 1 aromatic carbocycles. The van der Waals surface area contributed by atoms with Gasteiger partial charge in [-0.2, -0.15) is 0 Å². The van der Waals surface area contributed by atoms with E-state index in [1.165, 1.54) is 42.5 Å². The second-order valence-corrected chi connectivity index (χ2v) is 8.10. The van der Waals surface area contributed by atoms with E-state index in [-0.39, 0.29) is 23.5 Å². The number of carbonyl (C=O) groups excluding carboxylic acids is 3. The zero-order chi connectivity index (χ0) is 20.0. The summed E-state index contributed by atoms with van der Waals surface area (Å²) in [5.74, 6) is -1.41. The zero-order valence-electron chi connectivity index (χ0n) is 14.4. The van der Waals surface area contributed by atoms with Crippen LogP contribution in [0.25, 0.3) is 0 Å². The van der Waals surface area contributed by atoms with Gasteiger partial charge in [0.05, 0.1) is 16.2 Å². The smallest absolute Gasteiger partial charge is 0.307 e. The van der Waals surface area contributed by atoms with E-state index in [1.807, 2.05) is 0 Å². The van der Waals surface area contributed by atoms with Crippen molar-refractivity contribution in [3.8, 4) is 0 Å². The molecule has 2 rings (SSSR count). The van der Waals surface area contributed by atoms with Crippen LogP contribution >= 0.6 is 11.3 Å². The molecule has 144 valence electrons. The molecule has 10 heteroatoms. The fourth-order valence-electron chi connectivity index (χ4n) is 2.06. The lowest BCUT2D eigenvalue weighted by Crippen LogP contribution is -2.30. The SMILES string of the molecule is C[C@@H](OC(=O)CCC(=O)c1cccs1)C(=O)Nc1ccc(S(N)(=O)=O)cc1. The van der Waals surface area contributed by atoms with E-state index in [0.717, 1.165) is 0 Å². The van der Waals surface area contributed by atoms with Gasteiger partial charge >= 0.3 is 5.97 Å². The van der Waals surface area contributed by atoms with Gasteiger partial charge in [0, 0.05) is 12.1 Å². The monoisotopic (exact) mass is 410 g/mol. The summed E-state index contributed by atoms with van der Waals surface area (Å²) in [4.78, 5) is 36.2. The van der Waals surface area contributed by atoms with Crippen LogP contribution in [0.5, 0.6) is 0 Å². The minimum Gasteiger partial charge on any atom is -0.453 e. The van der Waals surface area contributed by atoms with E-state index in [2.05, 4.69) is 5.32 Å². The van der Waals surface area contributed by atoms with Crippen molar-refractivity contribution in [2.75, 3.05) is 5.32 Å². The van der Waals surface area contributed by atoms with Crippen LogP contribution in [0.3, 0.4) is 0 Å². The Kier molecular flexibility index (Phi) is 6.83. The minimum absolute atomic E-state index is 0.00269. The third kappa shape index (κ3) is 6.27. The first kappa shape index (κ1) is 20.7. The summed E-state index contributed by atoms with van der Waals surface area (Å²) < 4.78 is 27.4. The Balaban J connectivity index is 1.82. The third-order valence-corrected chi connectivity index (χ3v) is 5.32.